The Kier molecular flexibility index (Phi) is 4.66. The zero-order valence-electron chi connectivity index (χ0n) is 13.1. The summed E-state index contributed by atoms with van der Waals surface area (Å²) in [4.78, 5) is 2.44. The molecule has 0 radical (unpaired) electrons. The van der Waals surface area contributed by atoms with Crippen LogP contribution in [0.2, 0.25) is 5.02 Å². The van der Waals surface area contributed by atoms with Crippen LogP contribution in [0.4, 0.5) is 5.69 Å². The SMILES string of the molecule is CC(N)c1ccc(N2CCC(C(C)(C)C)CC2)cc1Cl. The van der Waals surface area contributed by atoms with E-state index in [4.69, 9.17) is 17.3 Å². The van der Waals surface area contributed by atoms with Crippen LogP contribution < -0.4 is 10.6 Å². The number of nitrogens with zero attached hydrogens (tertiary/aromatic N) is 1. The molecule has 1 aromatic carbocycles. The smallest absolute Gasteiger partial charge is 0.0474 e. The lowest BCUT2D eigenvalue weighted by Gasteiger charge is -2.39. The lowest BCUT2D eigenvalue weighted by atomic mass is 9.75. The van der Waals surface area contributed by atoms with E-state index in [-0.39, 0.29) is 6.04 Å². The van der Waals surface area contributed by atoms with Crippen molar-refractivity contribution in [3.63, 3.8) is 0 Å². The first-order valence-corrected chi connectivity index (χ1v) is 7.97. The van der Waals surface area contributed by atoms with E-state index in [0.717, 1.165) is 29.6 Å². The monoisotopic (exact) mass is 294 g/mol. The second-order valence-corrected chi connectivity index (χ2v) is 7.53. The maximum atomic E-state index is 6.34. The summed E-state index contributed by atoms with van der Waals surface area (Å²) in [6.07, 6.45) is 2.52. The average molecular weight is 295 g/mol. The number of hydrogen-bond acceptors (Lipinski definition) is 2. The van der Waals surface area contributed by atoms with E-state index in [1.54, 1.807) is 0 Å². The van der Waals surface area contributed by atoms with E-state index >= 15 is 0 Å². The third-order valence-electron chi connectivity index (χ3n) is 4.56. The van der Waals surface area contributed by atoms with Crippen LogP contribution in [0.25, 0.3) is 0 Å². The molecule has 20 heavy (non-hydrogen) atoms. The molecule has 1 unspecified atom stereocenters. The number of rotatable bonds is 2. The van der Waals surface area contributed by atoms with Gasteiger partial charge in [0.2, 0.25) is 0 Å². The molecule has 1 saturated heterocycles. The van der Waals surface area contributed by atoms with Crippen molar-refractivity contribution in [2.24, 2.45) is 17.1 Å². The highest BCUT2D eigenvalue weighted by Gasteiger charge is 2.28. The standard InChI is InChI=1S/C17H27ClN2/c1-12(19)15-6-5-14(11-16(15)18)20-9-7-13(8-10-20)17(2,3)4/h5-6,11-13H,7-10,19H2,1-4H3. The molecule has 0 saturated carbocycles. The Morgan fingerprint density at radius 3 is 2.30 bits per heavy atom. The zero-order valence-corrected chi connectivity index (χ0v) is 13.9. The number of benzene rings is 1. The van der Waals surface area contributed by atoms with Gasteiger partial charge < -0.3 is 10.6 Å². The number of hydrogen-bond donors (Lipinski definition) is 1. The molecule has 1 aliphatic rings. The molecule has 0 bridgehead atoms. The van der Waals surface area contributed by atoms with Gasteiger partial charge in [-0.05, 0) is 48.8 Å². The maximum Gasteiger partial charge on any atom is 0.0474 e. The van der Waals surface area contributed by atoms with E-state index in [9.17, 15) is 0 Å². The minimum absolute atomic E-state index is 0.0109. The first-order chi connectivity index (χ1) is 9.29. The number of halogens is 1. The van der Waals surface area contributed by atoms with Gasteiger partial charge in [0.25, 0.3) is 0 Å². The lowest BCUT2D eigenvalue weighted by molar-refractivity contribution is 0.199. The van der Waals surface area contributed by atoms with E-state index < -0.39 is 0 Å². The molecule has 112 valence electrons. The normalized spacial score (nSPS) is 19.2. The van der Waals surface area contributed by atoms with Crippen LogP contribution in [0.15, 0.2) is 18.2 Å². The Bertz CT molecular complexity index is 455. The molecule has 0 aromatic heterocycles. The molecule has 2 nitrogen and oxygen atoms in total. The first-order valence-electron chi connectivity index (χ1n) is 7.59. The predicted octanol–water partition coefficient (Wildman–Crippen LogP) is 4.62. The molecule has 0 amide bonds. The second kappa shape index (κ2) is 5.95. The topological polar surface area (TPSA) is 29.3 Å². The van der Waals surface area contributed by atoms with Crippen molar-refractivity contribution in [1.82, 2.24) is 0 Å². The minimum atomic E-state index is -0.0109. The maximum absolute atomic E-state index is 6.34. The van der Waals surface area contributed by atoms with Crippen molar-refractivity contribution in [3.05, 3.63) is 28.8 Å². The van der Waals surface area contributed by atoms with Crippen LogP contribution in [0.1, 0.15) is 52.1 Å². The number of piperidine rings is 1. The highest BCUT2D eigenvalue weighted by molar-refractivity contribution is 6.31. The van der Waals surface area contributed by atoms with Gasteiger partial charge in [-0.15, -0.1) is 0 Å². The molecule has 3 heteroatoms. The number of nitrogens with two attached hydrogens (primary N) is 1. The highest BCUT2D eigenvalue weighted by Crippen LogP contribution is 2.36. The minimum Gasteiger partial charge on any atom is -0.371 e. The van der Waals surface area contributed by atoms with E-state index in [0.29, 0.717) is 5.41 Å². The van der Waals surface area contributed by atoms with Crippen molar-refractivity contribution < 1.29 is 0 Å². The van der Waals surface area contributed by atoms with Crippen LogP contribution in [-0.4, -0.2) is 13.1 Å². The summed E-state index contributed by atoms with van der Waals surface area (Å²) in [5.74, 6) is 0.817. The van der Waals surface area contributed by atoms with Crippen molar-refractivity contribution in [1.29, 1.82) is 0 Å². The average Bonchev–Trinajstić information content (AvgIpc) is 2.37. The summed E-state index contributed by atoms with van der Waals surface area (Å²) in [7, 11) is 0. The molecule has 2 rings (SSSR count). The molecule has 2 N–H and O–H groups in total. The van der Waals surface area contributed by atoms with E-state index in [1.807, 2.05) is 6.92 Å². The molecule has 0 aliphatic carbocycles. The van der Waals surface area contributed by atoms with Crippen LogP contribution in [0.3, 0.4) is 0 Å². The fraction of sp³-hybridized carbons (Fsp3) is 0.647. The Morgan fingerprint density at radius 1 is 1.25 bits per heavy atom. The summed E-state index contributed by atoms with van der Waals surface area (Å²) in [6, 6.07) is 6.28. The van der Waals surface area contributed by atoms with Gasteiger partial charge in [0.15, 0.2) is 0 Å². The first kappa shape index (κ1) is 15.7. The third-order valence-corrected chi connectivity index (χ3v) is 4.89. The molecular weight excluding hydrogens is 268 g/mol. The highest BCUT2D eigenvalue weighted by atomic mass is 35.5. The molecule has 0 spiro atoms. The van der Waals surface area contributed by atoms with Crippen LogP contribution >= 0.6 is 11.6 Å². The van der Waals surface area contributed by atoms with Crippen molar-refractivity contribution in [3.8, 4) is 0 Å². The second-order valence-electron chi connectivity index (χ2n) is 7.12. The Labute approximate surface area is 128 Å². The van der Waals surface area contributed by atoms with Gasteiger partial charge in [0.05, 0.1) is 0 Å². The van der Waals surface area contributed by atoms with E-state index in [1.165, 1.54) is 18.5 Å². The van der Waals surface area contributed by atoms with Crippen molar-refractivity contribution in [2.45, 2.75) is 46.6 Å². The Balaban J connectivity index is 2.06. The third kappa shape index (κ3) is 3.48. The van der Waals surface area contributed by atoms with Gasteiger partial charge in [0, 0.05) is 29.8 Å². The lowest BCUT2D eigenvalue weighted by Crippen LogP contribution is -2.38. The van der Waals surface area contributed by atoms with Gasteiger partial charge >= 0.3 is 0 Å². The predicted molar refractivity (Wildman–Crippen MR) is 88.4 cm³/mol. The van der Waals surface area contributed by atoms with Gasteiger partial charge in [-0.25, -0.2) is 0 Å². The molecule has 1 heterocycles. The molecule has 1 fully saturated rings. The number of anilines is 1. The molecular formula is C17H27ClN2. The summed E-state index contributed by atoms with van der Waals surface area (Å²) in [5, 5.41) is 0.787. The molecule has 1 aliphatic heterocycles. The summed E-state index contributed by atoms with van der Waals surface area (Å²) >= 11 is 6.34. The quantitative estimate of drug-likeness (QED) is 0.862. The largest absolute Gasteiger partial charge is 0.371 e. The van der Waals surface area contributed by atoms with E-state index in [2.05, 4.69) is 43.9 Å². The van der Waals surface area contributed by atoms with Crippen molar-refractivity contribution in [2.75, 3.05) is 18.0 Å². The zero-order chi connectivity index (χ0) is 14.9. The summed E-state index contributed by atoms with van der Waals surface area (Å²) < 4.78 is 0. The fourth-order valence-electron chi connectivity index (χ4n) is 3.09. The fourth-order valence-corrected chi connectivity index (χ4v) is 3.43. The van der Waals surface area contributed by atoms with Crippen LogP contribution in [-0.2, 0) is 0 Å². The Morgan fingerprint density at radius 2 is 1.85 bits per heavy atom. The van der Waals surface area contributed by atoms with Gasteiger partial charge in [-0.2, -0.15) is 0 Å². The van der Waals surface area contributed by atoms with Gasteiger partial charge in [-0.3, -0.25) is 0 Å². The Hall–Kier alpha value is -0.730. The van der Waals surface area contributed by atoms with Crippen molar-refractivity contribution >= 4 is 17.3 Å². The van der Waals surface area contributed by atoms with Gasteiger partial charge in [-0.1, -0.05) is 38.4 Å². The van der Waals surface area contributed by atoms with Crippen LogP contribution in [0, 0.1) is 11.3 Å². The van der Waals surface area contributed by atoms with Crippen LogP contribution in [0.5, 0.6) is 0 Å². The molecule has 1 atom stereocenters. The summed E-state index contributed by atoms with van der Waals surface area (Å²) in [5.41, 5.74) is 8.59. The molecule has 1 aromatic rings. The summed E-state index contributed by atoms with van der Waals surface area (Å²) in [6.45, 7) is 11.3. The van der Waals surface area contributed by atoms with Gasteiger partial charge in [0.1, 0.15) is 0 Å².